The lowest BCUT2D eigenvalue weighted by Gasteiger charge is -2.32. The first-order chi connectivity index (χ1) is 6.65. The molecule has 1 fully saturated rings. The van der Waals surface area contributed by atoms with Crippen LogP contribution < -0.4 is 10.5 Å². The lowest BCUT2D eigenvalue weighted by atomic mass is 9.90. The number of pyridine rings is 1. The molecule has 5 heteroatoms. The minimum Gasteiger partial charge on any atom is -0.473 e. The van der Waals surface area contributed by atoms with E-state index in [1.165, 1.54) is 0 Å². The van der Waals surface area contributed by atoms with E-state index in [4.69, 9.17) is 10.5 Å². The molecule has 1 aromatic rings. The molecule has 76 valence electrons. The normalized spacial score (nSPS) is 25.6. The zero-order valence-electron chi connectivity index (χ0n) is 7.41. The molecule has 1 aliphatic carbocycles. The summed E-state index contributed by atoms with van der Waals surface area (Å²) in [5.41, 5.74) is 5.67. The third-order valence-corrected chi connectivity index (χ3v) is 3.19. The maximum Gasteiger partial charge on any atom is 0.228 e. The van der Waals surface area contributed by atoms with E-state index < -0.39 is 0 Å². The summed E-state index contributed by atoms with van der Waals surface area (Å²) >= 11 is 6.73. The quantitative estimate of drug-likeness (QED) is 0.910. The summed E-state index contributed by atoms with van der Waals surface area (Å²) in [7, 11) is 0. The van der Waals surface area contributed by atoms with Crippen LogP contribution in [-0.2, 0) is 0 Å². The Bertz CT molecular complexity index is 340. The Morgan fingerprint density at radius 3 is 2.71 bits per heavy atom. The van der Waals surface area contributed by atoms with Gasteiger partial charge in [0, 0.05) is 16.7 Å². The number of rotatable bonds is 2. The smallest absolute Gasteiger partial charge is 0.228 e. The standard InChI is InChI=1S/C9H10Br2N2O/c10-5-1-8(11)9(13-4-5)14-7-2-6(12)3-7/h1,4,6-7H,2-3,12H2. The Labute approximate surface area is 99.3 Å². The molecule has 0 amide bonds. The van der Waals surface area contributed by atoms with Gasteiger partial charge in [0.1, 0.15) is 6.10 Å². The maximum absolute atomic E-state index is 5.67. The third kappa shape index (κ3) is 2.27. The molecule has 0 unspecified atom stereocenters. The van der Waals surface area contributed by atoms with Crippen LogP contribution in [0.5, 0.6) is 5.88 Å². The molecule has 2 N–H and O–H groups in total. The SMILES string of the molecule is NC1CC(Oc2ncc(Br)cc2Br)C1. The van der Waals surface area contributed by atoms with E-state index in [1.807, 2.05) is 6.07 Å². The number of hydrogen-bond donors (Lipinski definition) is 1. The van der Waals surface area contributed by atoms with Gasteiger partial charge in [-0.2, -0.15) is 0 Å². The zero-order valence-corrected chi connectivity index (χ0v) is 10.6. The third-order valence-electron chi connectivity index (χ3n) is 2.18. The second-order valence-corrected chi connectivity index (χ2v) is 5.18. The van der Waals surface area contributed by atoms with Gasteiger partial charge in [0.25, 0.3) is 0 Å². The first-order valence-electron chi connectivity index (χ1n) is 4.38. The van der Waals surface area contributed by atoms with Gasteiger partial charge >= 0.3 is 0 Å². The molecular weight excluding hydrogens is 312 g/mol. The maximum atomic E-state index is 5.67. The van der Waals surface area contributed by atoms with Crippen LogP contribution in [0, 0.1) is 0 Å². The van der Waals surface area contributed by atoms with Crippen molar-refractivity contribution < 1.29 is 4.74 Å². The Morgan fingerprint density at radius 1 is 1.43 bits per heavy atom. The highest BCUT2D eigenvalue weighted by Gasteiger charge is 2.28. The summed E-state index contributed by atoms with van der Waals surface area (Å²) in [5.74, 6) is 0.644. The monoisotopic (exact) mass is 320 g/mol. The highest BCUT2D eigenvalue weighted by Crippen LogP contribution is 2.30. The van der Waals surface area contributed by atoms with E-state index in [1.54, 1.807) is 6.20 Å². The predicted molar refractivity (Wildman–Crippen MR) is 61.3 cm³/mol. The predicted octanol–water partition coefficient (Wildman–Crippen LogP) is 2.48. The van der Waals surface area contributed by atoms with Gasteiger partial charge in [-0.3, -0.25) is 0 Å². The van der Waals surface area contributed by atoms with Crippen molar-refractivity contribution in [2.24, 2.45) is 5.73 Å². The molecule has 0 radical (unpaired) electrons. The largest absolute Gasteiger partial charge is 0.473 e. The average molecular weight is 322 g/mol. The lowest BCUT2D eigenvalue weighted by molar-refractivity contribution is 0.0949. The van der Waals surface area contributed by atoms with Gasteiger partial charge in [-0.15, -0.1) is 0 Å². The molecule has 0 aliphatic heterocycles. The summed E-state index contributed by atoms with van der Waals surface area (Å²) < 4.78 is 7.45. The summed E-state index contributed by atoms with van der Waals surface area (Å²) in [6.07, 6.45) is 3.79. The van der Waals surface area contributed by atoms with Crippen molar-refractivity contribution in [2.75, 3.05) is 0 Å². The van der Waals surface area contributed by atoms with Crippen LogP contribution in [-0.4, -0.2) is 17.1 Å². The summed E-state index contributed by atoms with van der Waals surface area (Å²) in [4.78, 5) is 4.17. The van der Waals surface area contributed by atoms with Crippen LogP contribution in [0.3, 0.4) is 0 Å². The molecule has 0 spiro atoms. The second kappa shape index (κ2) is 4.16. The average Bonchev–Trinajstić information content (AvgIpc) is 2.06. The Morgan fingerprint density at radius 2 is 2.14 bits per heavy atom. The van der Waals surface area contributed by atoms with E-state index in [0.29, 0.717) is 11.9 Å². The molecule has 1 aliphatic rings. The lowest BCUT2D eigenvalue weighted by Crippen LogP contribution is -2.43. The number of hydrogen-bond acceptors (Lipinski definition) is 3. The fourth-order valence-electron chi connectivity index (χ4n) is 1.35. The Kier molecular flexibility index (Phi) is 3.09. The molecule has 1 saturated carbocycles. The summed E-state index contributed by atoms with van der Waals surface area (Å²) in [5, 5.41) is 0. The highest BCUT2D eigenvalue weighted by atomic mass is 79.9. The minimum absolute atomic E-state index is 0.231. The molecule has 1 heterocycles. The highest BCUT2D eigenvalue weighted by molar-refractivity contribution is 9.11. The zero-order chi connectivity index (χ0) is 10.1. The topological polar surface area (TPSA) is 48.1 Å². The van der Waals surface area contributed by atoms with Gasteiger partial charge in [0.15, 0.2) is 0 Å². The van der Waals surface area contributed by atoms with Crippen molar-refractivity contribution in [3.05, 3.63) is 21.2 Å². The van der Waals surface area contributed by atoms with Crippen LogP contribution in [0.2, 0.25) is 0 Å². The van der Waals surface area contributed by atoms with Crippen molar-refractivity contribution in [2.45, 2.75) is 25.0 Å². The Balaban J connectivity index is 2.02. The van der Waals surface area contributed by atoms with E-state index in [2.05, 4.69) is 36.8 Å². The fourth-order valence-corrected chi connectivity index (χ4v) is 2.43. The Hall–Kier alpha value is -0.130. The molecule has 0 saturated heterocycles. The van der Waals surface area contributed by atoms with Crippen LogP contribution in [0.1, 0.15) is 12.8 Å². The van der Waals surface area contributed by atoms with Gasteiger partial charge in [0.05, 0.1) is 4.47 Å². The molecule has 14 heavy (non-hydrogen) atoms. The van der Waals surface area contributed by atoms with E-state index in [-0.39, 0.29) is 6.10 Å². The van der Waals surface area contributed by atoms with Crippen LogP contribution in [0.4, 0.5) is 0 Å². The van der Waals surface area contributed by atoms with Crippen molar-refractivity contribution in [3.8, 4) is 5.88 Å². The first kappa shape index (κ1) is 10.4. The summed E-state index contributed by atoms with van der Waals surface area (Å²) in [6, 6.07) is 2.22. The van der Waals surface area contributed by atoms with Gasteiger partial charge in [-0.1, -0.05) is 0 Å². The van der Waals surface area contributed by atoms with Gasteiger partial charge < -0.3 is 10.5 Å². The van der Waals surface area contributed by atoms with Gasteiger partial charge in [0.2, 0.25) is 5.88 Å². The molecule has 0 bridgehead atoms. The number of ether oxygens (including phenoxy) is 1. The molecule has 0 aromatic carbocycles. The second-order valence-electron chi connectivity index (χ2n) is 3.41. The van der Waals surface area contributed by atoms with Crippen LogP contribution in [0.25, 0.3) is 0 Å². The van der Waals surface area contributed by atoms with Crippen molar-refractivity contribution >= 4 is 31.9 Å². The molecular formula is C9H10Br2N2O. The molecule has 2 rings (SSSR count). The minimum atomic E-state index is 0.231. The number of nitrogens with zero attached hydrogens (tertiary/aromatic N) is 1. The van der Waals surface area contributed by atoms with Crippen molar-refractivity contribution in [1.29, 1.82) is 0 Å². The van der Waals surface area contributed by atoms with Crippen molar-refractivity contribution in [3.63, 3.8) is 0 Å². The van der Waals surface area contributed by atoms with Crippen molar-refractivity contribution in [1.82, 2.24) is 4.98 Å². The van der Waals surface area contributed by atoms with E-state index in [0.717, 1.165) is 21.8 Å². The number of nitrogens with two attached hydrogens (primary N) is 1. The summed E-state index contributed by atoms with van der Waals surface area (Å²) in [6.45, 7) is 0. The first-order valence-corrected chi connectivity index (χ1v) is 5.97. The van der Waals surface area contributed by atoms with Crippen LogP contribution >= 0.6 is 31.9 Å². The van der Waals surface area contributed by atoms with Crippen LogP contribution in [0.15, 0.2) is 21.2 Å². The van der Waals surface area contributed by atoms with E-state index >= 15 is 0 Å². The number of halogens is 2. The van der Waals surface area contributed by atoms with Gasteiger partial charge in [-0.25, -0.2) is 4.98 Å². The molecule has 3 nitrogen and oxygen atoms in total. The van der Waals surface area contributed by atoms with Gasteiger partial charge in [-0.05, 0) is 50.8 Å². The molecule has 1 aromatic heterocycles. The fraction of sp³-hybridized carbons (Fsp3) is 0.444. The number of aromatic nitrogens is 1. The molecule has 0 atom stereocenters. The van der Waals surface area contributed by atoms with E-state index in [9.17, 15) is 0 Å².